The minimum atomic E-state index is -1.80. The average molecular weight is 731 g/mol. The van der Waals surface area contributed by atoms with E-state index in [0.29, 0.717) is 11.1 Å². The van der Waals surface area contributed by atoms with Crippen molar-refractivity contribution in [3.8, 4) is 12.1 Å². The number of benzene rings is 8. The molecule has 4 nitrogen and oxygen atoms in total. The summed E-state index contributed by atoms with van der Waals surface area (Å²) in [5.74, 6) is 0. The van der Waals surface area contributed by atoms with Gasteiger partial charge in [-0.15, -0.1) is 0 Å². The zero-order valence-electron chi connectivity index (χ0n) is 31.6. The SMILES string of the molecule is C[Si](C)(C)c1ccccc1N(c1cccc(C#N)c1)c1ccc2ccc3c(N(c4cccc(C#N)c4)c4ccccc4[Si](C)(C)C)ccc4ccc1c2c43. The Hall–Kier alpha value is -6.19. The first kappa shape index (κ1) is 34.9. The van der Waals surface area contributed by atoms with Crippen molar-refractivity contribution in [3.05, 3.63) is 157 Å². The summed E-state index contributed by atoms with van der Waals surface area (Å²) in [5.41, 5.74) is 7.62. The summed E-state index contributed by atoms with van der Waals surface area (Å²) in [6, 6.07) is 56.2. The smallest absolute Gasteiger partial charge is 0.0992 e. The first-order valence-corrected chi connectivity index (χ1v) is 25.5. The van der Waals surface area contributed by atoms with Gasteiger partial charge in [0.15, 0.2) is 0 Å². The molecule has 0 spiro atoms. The fourth-order valence-corrected chi connectivity index (χ4v) is 11.1. The van der Waals surface area contributed by atoms with Crippen LogP contribution in [0.3, 0.4) is 0 Å². The molecule has 0 radical (unpaired) electrons. The van der Waals surface area contributed by atoms with Gasteiger partial charge in [-0.05, 0) is 92.6 Å². The molecule has 8 rings (SSSR count). The highest BCUT2D eigenvalue weighted by molar-refractivity contribution is 6.90. The molecule has 0 aliphatic carbocycles. The number of para-hydroxylation sites is 2. The van der Waals surface area contributed by atoms with Crippen LogP contribution >= 0.6 is 0 Å². The molecule has 0 amide bonds. The molecule has 54 heavy (non-hydrogen) atoms. The third-order valence-corrected chi connectivity index (χ3v) is 14.6. The Morgan fingerprint density at radius 1 is 0.407 bits per heavy atom. The Balaban J connectivity index is 1.45. The molecular formula is C48H42N4Si2. The number of hydrogen-bond acceptors (Lipinski definition) is 4. The summed E-state index contributed by atoms with van der Waals surface area (Å²) in [4.78, 5) is 4.73. The van der Waals surface area contributed by atoms with Crippen molar-refractivity contribution in [3.63, 3.8) is 0 Å². The highest BCUT2D eigenvalue weighted by Crippen LogP contribution is 2.47. The Labute approximate surface area is 320 Å². The second kappa shape index (κ2) is 13.3. The van der Waals surface area contributed by atoms with Crippen molar-refractivity contribution < 1.29 is 0 Å². The van der Waals surface area contributed by atoms with Crippen molar-refractivity contribution in [2.45, 2.75) is 39.3 Å². The van der Waals surface area contributed by atoms with Crippen LogP contribution in [0.5, 0.6) is 0 Å². The summed E-state index contributed by atoms with van der Waals surface area (Å²) < 4.78 is 0. The molecule has 0 bridgehead atoms. The lowest BCUT2D eigenvalue weighted by molar-refractivity contribution is 1.30. The number of anilines is 6. The summed E-state index contributed by atoms with van der Waals surface area (Å²) in [5, 5.41) is 29.7. The lowest BCUT2D eigenvalue weighted by Crippen LogP contribution is -2.40. The molecule has 0 atom stereocenters. The Morgan fingerprint density at radius 3 is 1.19 bits per heavy atom. The Bertz CT molecular complexity index is 2600. The zero-order valence-corrected chi connectivity index (χ0v) is 33.6. The van der Waals surface area contributed by atoms with Gasteiger partial charge in [0, 0.05) is 33.5 Å². The summed E-state index contributed by atoms with van der Waals surface area (Å²) >= 11 is 0. The predicted octanol–water partition coefficient (Wildman–Crippen LogP) is 12.4. The highest BCUT2D eigenvalue weighted by Gasteiger charge is 2.28. The van der Waals surface area contributed by atoms with Gasteiger partial charge in [0.1, 0.15) is 0 Å². The zero-order chi connectivity index (χ0) is 37.8. The van der Waals surface area contributed by atoms with E-state index in [9.17, 15) is 10.5 Å². The number of nitriles is 2. The topological polar surface area (TPSA) is 54.1 Å². The van der Waals surface area contributed by atoms with E-state index in [-0.39, 0.29) is 0 Å². The maximum atomic E-state index is 9.97. The van der Waals surface area contributed by atoms with Crippen LogP contribution in [-0.4, -0.2) is 16.1 Å². The molecule has 0 aliphatic heterocycles. The van der Waals surface area contributed by atoms with E-state index < -0.39 is 16.1 Å². The first-order valence-electron chi connectivity index (χ1n) is 18.5. The van der Waals surface area contributed by atoms with E-state index in [2.05, 4.69) is 170 Å². The highest BCUT2D eigenvalue weighted by atomic mass is 28.3. The van der Waals surface area contributed by atoms with Gasteiger partial charge in [0.2, 0.25) is 0 Å². The molecule has 8 aromatic carbocycles. The molecule has 8 aromatic rings. The lowest BCUT2D eigenvalue weighted by atomic mass is 9.91. The van der Waals surface area contributed by atoms with Crippen LogP contribution in [0.4, 0.5) is 34.1 Å². The van der Waals surface area contributed by atoms with Gasteiger partial charge in [-0.1, -0.05) is 124 Å². The molecule has 0 aromatic heterocycles. The van der Waals surface area contributed by atoms with Crippen molar-refractivity contribution in [1.29, 1.82) is 10.5 Å². The van der Waals surface area contributed by atoms with Gasteiger partial charge in [-0.3, -0.25) is 0 Å². The quantitative estimate of drug-likeness (QED) is 0.115. The maximum absolute atomic E-state index is 9.97. The van der Waals surface area contributed by atoms with E-state index in [1.165, 1.54) is 31.9 Å². The molecule has 262 valence electrons. The normalized spacial score (nSPS) is 11.9. The molecule has 0 unspecified atom stereocenters. The van der Waals surface area contributed by atoms with Crippen LogP contribution in [0.25, 0.3) is 32.3 Å². The van der Waals surface area contributed by atoms with Crippen LogP contribution in [0.15, 0.2) is 146 Å². The van der Waals surface area contributed by atoms with Crippen LogP contribution in [-0.2, 0) is 0 Å². The number of hydrogen-bond donors (Lipinski definition) is 0. The molecule has 0 saturated heterocycles. The minimum absolute atomic E-state index is 0.629. The monoisotopic (exact) mass is 730 g/mol. The van der Waals surface area contributed by atoms with Crippen LogP contribution in [0.2, 0.25) is 39.3 Å². The predicted molar refractivity (Wildman–Crippen MR) is 235 cm³/mol. The fraction of sp³-hybridized carbons (Fsp3) is 0.125. The largest absolute Gasteiger partial charge is 0.310 e. The van der Waals surface area contributed by atoms with Crippen LogP contribution in [0, 0.1) is 22.7 Å². The van der Waals surface area contributed by atoms with Gasteiger partial charge in [-0.25, -0.2) is 0 Å². The van der Waals surface area contributed by atoms with Gasteiger partial charge < -0.3 is 9.80 Å². The third kappa shape index (κ3) is 6.00. The molecule has 0 N–H and O–H groups in total. The van der Waals surface area contributed by atoms with Crippen LogP contribution in [0.1, 0.15) is 11.1 Å². The molecule has 0 heterocycles. The Morgan fingerprint density at radius 2 is 0.796 bits per heavy atom. The summed E-state index contributed by atoms with van der Waals surface area (Å²) in [7, 11) is -3.60. The maximum Gasteiger partial charge on any atom is 0.0992 e. The van der Waals surface area contributed by atoms with Gasteiger partial charge in [0.05, 0.1) is 50.8 Å². The van der Waals surface area contributed by atoms with E-state index in [1.54, 1.807) is 0 Å². The minimum Gasteiger partial charge on any atom is -0.310 e. The first-order chi connectivity index (χ1) is 26.0. The van der Waals surface area contributed by atoms with Crippen molar-refractivity contribution in [1.82, 2.24) is 0 Å². The second-order valence-electron chi connectivity index (χ2n) is 16.1. The van der Waals surface area contributed by atoms with Gasteiger partial charge >= 0.3 is 0 Å². The van der Waals surface area contributed by atoms with E-state index in [1.807, 2.05) is 36.4 Å². The molecule has 6 heteroatoms. The molecular weight excluding hydrogens is 689 g/mol. The summed E-state index contributed by atoms with van der Waals surface area (Å²) in [6.07, 6.45) is 0. The number of rotatable bonds is 8. The number of nitrogens with zero attached hydrogens (tertiary/aromatic N) is 4. The molecule has 0 fully saturated rings. The van der Waals surface area contributed by atoms with Crippen molar-refractivity contribution in [2.24, 2.45) is 0 Å². The molecule has 0 saturated carbocycles. The third-order valence-electron chi connectivity index (χ3n) is 10.5. The fourth-order valence-electron chi connectivity index (χ4n) is 8.01. The van der Waals surface area contributed by atoms with Crippen LogP contribution < -0.4 is 20.2 Å². The molecule has 0 aliphatic rings. The van der Waals surface area contributed by atoms with Gasteiger partial charge in [0.25, 0.3) is 0 Å². The summed E-state index contributed by atoms with van der Waals surface area (Å²) in [6.45, 7) is 14.3. The van der Waals surface area contributed by atoms with E-state index >= 15 is 0 Å². The lowest BCUT2D eigenvalue weighted by Gasteiger charge is -2.33. The van der Waals surface area contributed by atoms with E-state index in [4.69, 9.17) is 0 Å². The van der Waals surface area contributed by atoms with Crippen molar-refractivity contribution >= 4 is 93.0 Å². The van der Waals surface area contributed by atoms with Gasteiger partial charge in [-0.2, -0.15) is 10.5 Å². The standard InChI is InChI=1S/C48H42N4Si2/c1-53(2,3)45-19-9-7-17-43(45)51(37-15-11-13-33(29-37)31-49)41-27-23-35-22-26-40-42(28-24-36-21-25-39(41)47(35)48(36)40)52(38-16-12-14-34(30-38)32-50)44-18-8-10-20-46(44)54(4,5)6/h7-30H,1-6H3. The second-order valence-corrected chi connectivity index (χ2v) is 26.2. The average Bonchev–Trinajstić information content (AvgIpc) is 3.18. The van der Waals surface area contributed by atoms with Crippen molar-refractivity contribution in [2.75, 3.05) is 9.80 Å². The van der Waals surface area contributed by atoms with E-state index in [0.717, 1.165) is 44.9 Å². The Kier molecular flexibility index (Phi) is 8.62.